The molecule has 10 nitrogen and oxygen atoms in total. The zero-order valence-electron chi connectivity index (χ0n) is 19.7. The Labute approximate surface area is 200 Å². The molecule has 1 fully saturated rings. The fourth-order valence-corrected chi connectivity index (χ4v) is 4.62. The summed E-state index contributed by atoms with van der Waals surface area (Å²) < 4.78 is 23.8. The second-order valence-electron chi connectivity index (χ2n) is 9.05. The van der Waals surface area contributed by atoms with Gasteiger partial charge in [0.2, 0.25) is 11.8 Å². The van der Waals surface area contributed by atoms with E-state index in [2.05, 4.69) is 31.8 Å². The molecule has 11 heteroatoms. The van der Waals surface area contributed by atoms with Gasteiger partial charge in [0.1, 0.15) is 16.9 Å². The number of nitrogens with zero attached hydrogens (tertiary/aromatic N) is 6. The van der Waals surface area contributed by atoms with Crippen LogP contribution in [0, 0.1) is 22.6 Å². The normalized spacial score (nSPS) is 20.0. The van der Waals surface area contributed by atoms with Gasteiger partial charge in [-0.15, -0.1) is 5.10 Å². The fourth-order valence-electron chi connectivity index (χ4n) is 4.62. The lowest BCUT2D eigenvalue weighted by atomic mass is 9.75. The molecular formula is C24H25FN8O2. The Morgan fingerprint density at radius 3 is 2.77 bits per heavy atom. The predicted octanol–water partition coefficient (Wildman–Crippen LogP) is 3.44. The number of nitrogens with one attached hydrogen (secondary N) is 2. The number of carbonyl (C=O) groups is 1. The lowest BCUT2D eigenvalue weighted by molar-refractivity contribution is 0.0957. The second-order valence-corrected chi connectivity index (χ2v) is 9.05. The number of pyridine rings is 1. The van der Waals surface area contributed by atoms with Crippen molar-refractivity contribution in [1.82, 2.24) is 29.3 Å². The quantitative estimate of drug-likeness (QED) is 0.452. The van der Waals surface area contributed by atoms with Crippen LogP contribution in [0.15, 0.2) is 30.7 Å². The summed E-state index contributed by atoms with van der Waals surface area (Å²) in [5.74, 6) is -0.255. The van der Waals surface area contributed by atoms with Gasteiger partial charge < -0.3 is 15.4 Å². The van der Waals surface area contributed by atoms with Crippen LogP contribution in [0.5, 0.6) is 5.88 Å². The summed E-state index contributed by atoms with van der Waals surface area (Å²) in [5.41, 5.74) is 1.75. The van der Waals surface area contributed by atoms with E-state index in [1.807, 2.05) is 6.92 Å². The van der Waals surface area contributed by atoms with Gasteiger partial charge in [-0.1, -0.05) is 0 Å². The maximum absolute atomic E-state index is 15.3. The predicted molar refractivity (Wildman–Crippen MR) is 127 cm³/mol. The van der Waals surface area contributed by atoms with Gasteiger partial charge in [0.25, 0.3) is 5.91 Å². The summed E-state index contributed by atoms with van der Waals surface area (Å²) in [6.45, 7) is 1.98. The van der Waals surface area contributed by atoms with Gasteiger partial charge in [-0.2, -0.15) is 10.2 Å². The van der Waals surface area contributed by atoms with Crippen molar-refractivity contribution in [1.29, 1.82) is 5.26 Å². The van der Waals surface area contributed by atoms with Gasteiger partial charge in [-0.3, -0.25) is 9.20 Å². The number of nitriles is 1. The molecule has 0 unspecified atom stereocenters. The molecule has 0 spiro atoms. The van der Waals surface area contributed by atoms with E-state index in [1.54, 1.807) is 22.7 Å². The number of imidazole rings is 1. The first-order valence-electron chi connectivity index (χ1n) is 11.4. The van der Waals surface area contributed by atoms with Crippen LogP contribution in [0.2, 0.25) is 0 Å². The molecule has 1 amide bonds. The number of methoxy groups -OCH3 is 1. The van der Waals surface area contributed by atoms with Crippen molar-refractivity contribution in [3.63, 3.8) is 0 Å². The molecule has 1 aliphatic rings. The molecule has 4 aromatic rings. The summed E-state index contributed by atoms with van der Waals surface area (Å²) in [6.07, 6.45) is 7.62. The molecule has 2 N–H and O–H groups in total. The SMILES string of the molecule is CNC(=O)c1cnc2ccc(-c3c(F)cn4nc(NC5CCC(C)(C#N)CC5)nc(OC)c34)cn12. The highest BCUT2D eigenvalue weighted by atomic mass is 19.1. The van der Waals surface area contributed by atoms with Crippen LogP contribution in [0.4, 0.5) is 10.3 Å². The van der Waals surface area contributed by atoms with E-state index in [0.717, 1.165) is 25.7 Å². The van der Waals surface area contributed by atoms with Crippen molar-refractivity contribution in [3.05, 3.63) is 42.2 Å². The zero-order chi connectivity index (χ0) is 24.7. The monoisotopic (exact) mass is 476 g/mol. The summed E-state index contributed by atoms with van der Waals surface area (Å²) >= 11 is 0. The van der Waals surface area contributed by atoms with Crippen molar-refractivity contribution < 1.29 is 13.9 Å². The molecule has 1 saturated carbocycles. The number of anilines is 1. The van der Waals surface area contributed by atoms with Crippen LogP contribution in [0.3, 0.4) is 0 Å². The lowest BCUT2D eigenvalue weighted by Gasteiger charge is -2.32. The van der Waals surface area contributed by atoms with Gasteiger partial charge in [-0.05, 0) is 44.7 Å². The second kappa shape index (κ2) is 8.54. The summed E-state index contributed by atoms with van der Waals surface area (Å²) in [7, 11) is 3.01. The molecule has 4 aromatic heterocycles. The van der Waals surface area contributed by atoms with Crippen LogP contribution in [0.25, 0.3) is 22.3 Å². The van der Waals surface area contributed by atoms with Gasteiger partial charge in [0.05, 0.1) is 36.6 Å². The first-order chi connectivity index (χ1) is 16.9. The Balaban J connectivity index is 1.53. The molecule has 4 heterocycles. The van der Waals surface area contributed by atoms with E-state index in [9.17, 15) is 10.1 Å². The number of aromatic nitrogens is 5. The Bertz CT molecular complexity index is 1480. The van der Waals surface area contributed by atoms with E-state index in [-0.39, 0.29) is 28.8 Å². The number of hydrogen-bond acceptors (Lipinski definition) is 7. The van der Waals surface area contributed by atoms with E-state index in [0.29, 0.717) is 28.4 Å². The van der Waals surface area contributed by atoms with Crippen LogP contribution >= 0.6 is 0 Å². The number of ether oxygens (including phenoxy) is 1. The van der Waals surface area contributed by atoms with Gasteiger partial charge in [-0.25, -0.2) is 13.9 Å². The molecule has 0 bridgehead atoms. The minimum Gasteiger partial charge on any atom is -0.479 e. The minimum atomic E-state index is -0.502. The summed E-state index contributed by atoms with van der Waals surface area (Å²) in [4.78, 5) is 20.9. The number of carbonyl (C=O) groups excluding carboxylic acids is 1. The third-order valence-electron chi connectivity index (χ3n) is 6.69. The largest absolute Gasteiger partial charge is 0.479 e. The standard InChI is InChI=1S/C24H25FN8O2/c1-24(13-26)8-6-15(7-9-24)29-23-30-22(35-3)20-19(16(25)12-33(20)31-23)14-4-5-18-28-10-17(21(34)27-2)32(18)11-14/h4-5,10-12,15H,6-9H2,1-3H3,(H,27,34)(H,29,31). The molecule has 1 aliphatic carbocycles. The van der Waals surface area contributed by atoms with Crippen LogP contribution < -0.4 is 15.4 Å². The highest BCUT2D eigenvalue weighted by Crippen LogP contribution is 2.37. The smallest absolute Gasteiger partial charge is 0.269 e. The summed E-state index contributed by atoms with van der Waals surface area (Å²) in [5, 5.41) is 19.7. The number of hydrogen-bond donors (Lipinski definition) is 2. The van der Waals surface area contributed by atoms with Crippen molar-refractivity contribution in [2.45, 2.75) is 38.6 Å². The molecule has 0 aromatic carbocycles. The molecule has 5 rings (SSSR count). The fraction of sp³-hybridized carbons (Fsp3) is 0.375. The van der Waals surface area contributed by atoms with Crippen LogP contribution in [0.1, 0.15) is 43.1 Å². The maximum Gasteiger partial charge on any atom is 0.269 e. The average Bonchev–Trinajstić information content (AvgIpc) is 3.44. The van der Waals surface area contributed by atoms with E-state index in [4.69, 9.17) is 4.74 Å². The minimum absolute atomic E-state index is 0.116. The zero-order valence-corrected chi connectivity index (χ0v) is 19.7. The molecule has 0 radical (unpaired) electrons. The van der Waals surface area contributed by atoms with Gasteiger partial charge in [0, 0.05) is 24.8 Å². The topological polar surface area (TPSA) is 122 Å². The van der Waals surface area contributed by atoms with Crippen LogP contribution in [-0.2, 0) is 0 Å². The number of rotatable bonds is 5. The van der Waals surface area contributed by atoms with Crippen LogP contribution in [-0.4, -0.2) is 50.1 Å². The number of amides is 1. The van der Waals surface area contributed by atoms with Crippen molar-refractivity contribution in [2.75, 3.05) is 19.5 Å². The Hall–Kier alpha value is -4.20. The highest BCUT2D eigenvalue weighted by molar-refractivity contribution is 5.93. The lowest BCUT2D eigenvalue weighted by Crippen LogP contribution is -2.31. The molecule has 180 valence electrons. The number of fused-ring (bicyclic) bond motifs is 2. The van der Waals surface area contributed by atoms with Crippen molar-refractivity contribution in [3.8, 4) is 23.1 Å². The maximum atomic E-state index is 15.3. The Morgan fingerprint density at radius 2 is 2.09 bits per heavy atom. The third kappa shape index (κ3) is 3.90. The molecule has 35 heavy (non-hydrogen) atoms. The highest BCUT2D eigenvalue weighted by Gasteiger charge is 2.31. The Morgan fingerprint density at radius 1 is 1.31 bits per heavy atom. The van der Waals surface area contributed by atoms with Gasteiger partial charge >= 0.3 is 0 Å². The molecule has 0 saturated heterocycles. The average molecular weight is 477 g/mol. The van der Waals surface area contributed by atoms with E-state index >= 15 is 4.39 Å². The van der Waals surface area contributed by atoms with Crippen molar-refractivity contribution in [2.24, 2.45) is 5.41 Å². The van der Waals surface area contributed by atoms with Gasteiger partial charge in [0.15, 0.2) is 5.82 Å². The number of halogens is 1. The third-order valence-corrected chi connectivity index (χ3v) is 6.69. The Kier molecular flexibility index (Phi) is 5.51. The summed E-state index contributed by atoms with van der Waals surface area (Å²) in [6, 6.07) is 5.96. The van der Waals surface area contributed by atoms with E-state index in [1.165, 1.54) is 31.1 Å². The molecule has 0 aliphatic heterocycles. The van der Waals surface area contributed by atoms with E-state index < -0.39 is 5.82 Å². The first-order valence-corrected chi connectivity index (χ1v) is 11.4. The molecule has 0 atom stereocenters. The first kappa shape index (κ1) is 22.6. The molecular weight excluding hydrogens is 451 g/mol. The van der Waals surface area contributed by atoms with Crippen molar-refractivity contribution >= 4 is 23.0 Å².